The van der Waals surface area contributed by atoms with Crippen molar-refractivity contribution in [2.75, 3.05) is 39.3 Å². The maximum atomic E-state index is 13.8. The van der Waals surface area contributed by atoms with Gasteiger partial charge in [-0.15, -0.1) is 0 Å². The summed E-state index contributed by atoms with van der Waals surface area (Å²) in [6.07, 6.45) is 8.85. The van der Waals surface area contributed by atoms with Crippen LogP contribution < -0.4 is 27.4 Å². The molecule has 3 aliphatic carbocycles. The van der Waals surface area contributed by atoms with Crippen LogP contribution in [-0.4, -0.2) is 121 Å². The SMILES string of the molecule is CCCCCCN1CCNC(C(=O)C[C@@H](CCCCN)C(=O)N[C@H](C(=O)C[C@@H](C)C(=O)N[C@@H](CCCCN)C(=O)C[C@@H](C)B2O[C@@H]3C[C@@H]4C[C@@H](C4(C)C)[C@]3(C)O2)[C@@H](C)O)C1. The number of unbranched alkanes of at least 4 members (excludes halogenated alkanes) is 5. The number of piperazine rings is 1. The molecule has 0 aromatic carbocycles. The monoisotopic (exact) mass is 845 g/mol. The van der Waals surface area contributed by atoms with Crippen LogP contribution >= 0.6 is 0 Å². The molecule has 0 aromatic heterocycles. The summed E-state index contributed by atoms with van der Waals surface area (Å²) in [5.74, 6) is -2.38. The molecular weight excluding hydrogens is 763 g/mol. The molecule has 15 heteroatoms. The number of nitrogens with one attached hydrogen (secondary N) is 3. The van der Waals surface area contributed by atoms with Gasteiger partial charge in [0.25, 0.3) is 0 Å². The van der Waals surface area contributed by atoms with Crippen LogP contribution in [0.15, 0.2) is 0 Å². The van der Waals surface area contributed by atoms with Crippen molar-refractivity contribution in [2.24, 2.45) is 40.6 Å². The highest BCUT2D eigenvalue weighted by molar-refractivity contribution is 6.47. The number of rotatable bonds is 28. The lowest BCUT2D eigenvalue weighted by molar-refractivity contribution is -0.199. The Bertz CT molecular complexity index is 1440. The van der Waals surface area contributed by atoms with E-state index in [1.54, 1.807) is 6.92 Å². The zero-order valence-corrected chi connectivity index (χ0v) is 38.1. The highest BCUT2D eigenvalue weighted by Crippen LogP contribution is 2.66. The Labute approximate surface area is 361 Å². The van der Waals surface area contributed by atoms with Gasteiger partial charge in [0.15, 0.2) is 17.3 Å². The van der Waals surface area contributed by atoms with Crippen LogP contribution in [0.3, 0.4) is 0 Å². The van der Waals surface area contributed by atoms with E-state index in [1.807, 2.05) is 6.92 Å². The Balaban J connectivity index is 1.33. The minimum absolute atomic E-state index is 0.00473. The molecule has 60 heavy (non-hydrogen) atoms. The third-order valence-corrected chi connectivity index (χ3v) is 14.5. The second kappa shape index (κ2) is 23.4. The second-order valence-corrected chi connectivity index (χ2v) is 19.6. The van der Waals surface area contributed by atoms with Crippen molar-refractivity contribution in [2.45, 2.75) is 187 Å². The number of Topliss-reactive ketones (excluding diaryl/α,β-unsaturated/α-hetero) is 3. The van der Waals surface area contributed by atoms with Gasteiger partial charge < -0.3 is 46.7 Å². The van der Waals surface area contributed by atoms with E-state index in [0.29, 0.717) is 76.5 Å². The number of nitrogens with two attached hydrogens (primary N) is 2. The van der Waals surface area contributed by atoms with Gasteiger partial charge in [-0.25, -0.2) is 0 Å². The summed E-state index contributed by atoms with van der Waals surface area (Å²) < 4.78 is 13.1. The van der Waals surface area contributed by atoms with Crippen LogP contribution in [0, 0.1) is 29.1 Å². The first kappa shape index (κ1) is 50.4. The molecule has 2 heterocycles. The van der Waals surface area contributed by atoms with Crippen LogP contribution in [0.4, 0.5) is 0 Å². The molecule has 14 nitrogen and oxygen atoms in total. The van der Waals surface area contributed by atoms with E-state index in [2.05, 4.69) is 48.5 Å². The highest BCUT2D eigenvalue weighted by Gasteiger charge is 2.68. The third-order valence-electron chi connectivity index (χ3n) is 14.5. The van der Waals surface area contributed by atoms with Crippen molar-refractivity contribution in [1.29, 1.82) is 0 Å². The normalized spacial score (nSPS) is 27.7. The number of carbonyl (C=O) groups is 5. The molecule has 2 saturated heterocycles. The van der Waals surface area contributed by atoms with Crippen LogP contribution in [0.1, 0.15) is 145 Å². The summed E-state index contributed by atoms with van der Waals surface area (Å²) in [5, 5.41) is 19.7. The lowest BCUT2D eigenvalue weighted by atomic mass is 9.43. The summed E-state index contributed by atoms with van der Waals surface area (Å²) in [7, 11) is -0.513. The topological polar surface area (TPSA) is 215 Å². The van der Waals surface area contributed by atoms with Crippen LogP contribution in [0.25, 0.3) is 0 Å². The zero-order valence-electron chi connectivity index (χ0n) is 38.1. The molecule has 0 aromatic rings. The van der Waals surface area contributed by atoms with Crippen molar-refractivity contribution in [3.8, 4) is 0 Å². The fourth-order valence-electron chi connectivity index (χ4n) is 10.3. The average Bonchev–Trinajstić information content (AvgIpc) is 3.58. The van der Waals surface area contributed by atoms with Gasteiger partial charge in [0.2, 0.25) is 11.8 Å². The number of ketones is 3. The molecule has 5 fully saturated rings. The first-order valence-corrected chi connectivity index (χ1v) is 23.5. The van der Waals surface area contributed by atoms with E-state index in [9.17, 15) is 29.1 Å². The summed E-state index contributed by atoms with van der Waals surface area (Å²) in [5.41, 5.74) is 11.3. The Kier molecular flexibility index (Phi) is 19.7. The largest absolute Gasteiger partial charge is 0.461 e. The van der Waals surface area contributed by atoms with Crippen molar-refractivity contribution >= 4 is 36.3 Å². The highest BCUT2D eigenvalue weighted by atomic mass is 16.7. The Morgan fingerprint density at radius 1 is 0.867 bits per heavy atom. The van der Waals surface area contributed by atoms with E-state index < -0.39 is 54.7 Å². The molecule has 2 aliphatic heterocycles. The molecule has 0 radical (unpaired) electrons. The quantitative estimate of drug-likeness (QED) is 0.0492. The van der Waals surface area contributed by atoms with E-state index in [1.165, 1.54) is 13.3 Å². The maximum Gasteiger partial charge on any atom is 0.461 e. The fraction of sp³-hybridized carbons (Fsp3) is 0.889. The Morgan fingerprint density at radius 2 is 1.57 bits per heavy atom. The Hall–Kier alpha value is -2.27. The molecule has 5 aliphatic rings. The smallest absolute Gasteiger partial charge is 0.405 e. The number of hydrogen-bond donors (Lipinski definition) is 6. The van der Waals surface area contributed by atoms with Gasteiger partial charge in [-0.3, -0.25) is 24.0 Å². The van der Waals surface area contributed by atoms with Gasteiger partial charge in [-0.1, -0.05) is 60.3 Å². The molecule has 11 atom stereocenters. The van der Waals surface area contributed by atoms with Gasteiger partial charge in [0, 0.05) is 50.7 Å². The van der Waals surface area contributed by atoms with Gasteiger partial charge in [-0.05, 0) is 108 Å². The number of aliphatic hydroxyl groups excluding tert-OH is 1. The minimum atomic E-state index is -1.28. The predicted octanol–water partition coefficient (Wildman–Crippen LogP) is 3.70. The Morgan fingerprint density at radius 3 is 2.22 bits per heavy atom. The van der Waals surface area contributed by atoms with Crippen LogP contribution in [0.5, 0.6) is 0 Å². The van der Waals surface area contributed by atoms with Crippen LogP contribution in [-0.2, 0) is 33.3 Å². The second-order valence-electron chi connectivity index (χ2n) is 19.6. The molecule has 1 unspecified atom stereocenters. The number of hydrogen-bond acceptors (Lipinski definition) is 12. The standard InChI is InChI=1S/C45H81BN6O8/c1-8-9-10-15-21-52-22-20-49-35(28-52)37(55)25-32(16-11-13-18-47)43(58)51-41(31(4)53)38(56)23-29(2)42(57)50-34(17-12-14-19-48)36(54)24-30(3)46-59-40-27-33-26-39(44(33,5)6)45(40,7)60-46/h29-35,39-41,49,53H,8-28,47-48H2,1-7H3,(H,50,57)(H,51,58)/t29-,30-,31-,32-,33+,34+,35?,39+,40-,41+,45+/m1/s1. The van der Waals surface area contributed by atoms with E-state index in [-0.39, 0.29) is 59.8 Å². The molecule has 342 valence electrons. The van der Waals surface area contributed by atoms with Crippen molar-refractivity contribution < 1.29 is 38.4 Å². The van der Waals surface area contributed by atoms with Crippen molar-refractivity contribution in [1.82, 2.24) is 20.9 Å². The van der Waals surface area contributed by atoms with Crippen molar-refractivity contribution in [3.63, 3.8) is 0 Å². The minimum Gasteiger partial charge on any atom is -0.405 e. The summed E-state index contributed by atoms with van der Waals surface area (Å²) in [6, 6.07) is -2.43. The molecule has 2 amide bonds. The van der Waals surface area contributed by atoms with Gasteiger partial charge in [0.05, 0.1) is 29.9 Å². The van der Waals surface area contributed by atoms with E-state index in [0.717, 1.165) is 45.2 Å². The molecule has 0 spiro atoms. The fourth-order valence-corrected chi connectivity index (χ4v) is 10.3. The van der Waals surface area contributed by atoms with Crippen LogP contribution in [0.2, 0.25) is 5.82 Å². The zero-order chi connectivity index (χ0) is 44.2. The van der Waals surface area contributed by atoms with Gasteiger partial charge in [-0.2, -0.15) is 0 Å². The van der Waals surface area contributed by atoms with Gasteiger partial charge in [0.1, 0.15) is 6.04 Å². The number of aliphatic hydroxyl groups is 1. The first-order valence-electron chi connectivity index (χ1n) is 23.5. The average molecular weight is 845 g/mol. The molecule has 5 rings (SSSR count). The van der Waals surface area contributed by atoms with Crippen molar-refractivity contribution in [3.05, 3.63) is 0 Å². The lowest BCUT2D eigenvalue weighted by Crippen LogP contribution is -2.65. The molecule has 8 N–H and O–H groups in total. The summed E-state index contributed by atoms with van der Waals surface area (Å²) in [4.78, 5) is 70.9. The summed E-state index contributed by atoms with van der Waals surface area (Å²) >= 11 is 0. The summed E-state index contributed by atoms with van der Waals surface area (Å²) in [6.45, 7) is 18.0. The predicted molar refractivity (Wildman–Crippen MR) is 235 cm³/mol. The number of nitrogens with zero attached hydrogens (tertiary/aromatic N) is 1. The lowest BCUT2D eigenvalue weighted by Gasteiger charge is -2.64. The molecule has 2 bridgehead atoms. The number of carbonyl (C=O) groups excluding carboxylic acids is 5. The third kappa shape index (κ3) is 13.1. The van der Waals surface area contributed by atoms with E-state index >= 15 is 0 Å². The van der Waals surface area contributed by atoms with Gasteiger partial charge >= 0.3 is 7.12 Å². The van der Waals surface area contributed by atoms with E-state index in [4.69, 9.17) is 20.8 Å². The maximum absolute atomic E-state index is 13.8. The molecular formula is C45H81BN6O8. The number of amides is 2. The first-order chi connectivity index (χ1) is 28.5. The molecule has 3 saturated carbocycles.